The number of nitrogens with zero attached hydrogens (tertiary/aromatic N) is 2. The highest BCUT2D eigenvalue weighted by Gasteiger charge is 2.44. The number of allylic oxidation sites excluding steroid dienone is 1. The number of carbonyl (C=O) groups is 1. The Hall–Kier alpha value is -2.44. The Kier molecular flexibility index (Phi) is 5.67. The normalized spacial score (nSPS) is 21.8. The molecule has 1 aromatic heterocycles. The van der Waals surface area contributed by atoms with Crippen molar-refractivity contribution in [2.45, 2.75) is 25.3 Å². The van der Waals surface area contributed by atoms with Crippen LogP contribution in [-0.4, -0.2) is 16.6 Å². The first-order chi connectivity index (χ1) is 15.1. The van der Waals surface area contributed by atoms with Crippen LogP contribution < -0.4 is 0 Å². The van der Waals surface area contributed by atoms with Gasteiger partial charge >= 0.3 is 5.91 Å². The van der Waals surface area contributed by atoms with Crippen molar-refractivity contribution in [2.75, 3.05) is 0 Å². The SMILES string of the molecule is O=C(c1ccco1)N1N=C2/C(=C/c3ccc(Br)cc3)CCCC2C1c1ccc(Br)cc1. The molecule has 0 spiro atoms. The summed E-state index contributed by atoms with van der Waals surface area (Å²) >= 11 is 7.01. The Bertz CT molecular complexity index is 1150. The predicted octanol–water partition coefficient (Wildman–Crippen LogP) is 7.24. The van der Waals surface area contributed by atoms with E-state index in [2.05, 4.69) is 62.2 Å². The van der Waals surface area contributed by atoms with E-state index < -0.39 is 0 Å². The van der Waals surface area contributed by atoms with Crippen LogP contribution in [0.5, 0.6) is 0 Å². The molecule has 1 aliphatic heterocycles. The predicted molar refractivity (Wildman–Crippen MR) is 129 cm³/mol. The number of halogens is 2. The van der Waals surface area contributed by atoms with Crippen molar-refractivity contribution in [1.29, 1.82) is 0 Å². The summed E-state index contributed by atoms with van der Waals surface area (Å²) in [6.07, 6.45) is 6.76. The van der Waals surface area contributed by atoms with Gasteiger partial charge in [-0.2, -0.15) is 5.10 Å². The highest BCUT2D eigenvalue weighted by molar-refractivity contribution is 9.10. The Morgan fingerprint density at radius 1 is 1.03 bits per heavy atom. The molecule has 0 saturated heterocycles. The van der Waals surface area contributed by atoms with E-state index in [9.17, 15) is 4.79 Å². The summed E-state index contributed by atoms with van der Waals surface area (Å²) in [6.45, 7) is 0. The van der Waals surface area contributed by atoms with Crippen molar-refractivity contribution < 1.29 is 9.21 Å². The Balaban J connectivity index is 1.57. The second kappa shape index (κ2) is 8.60. The molecule has 1 saturated carbocycles. The lowest BCUT2D eigenvalue weighted by molar-refractivity contribution is 0.0648. The zero-order chi connectivity index (χ0) is 21.4. The van der Waals surface area contributed by atoms with Crippen LogP contribution in [0.4, 0.5) is 0 Å². The molecule has 2 unspecified atom stereocenters. The molecule has 2 aliphatic rings. The maximum Gasteiger partial charge on any atom is 0.310 e. The standard InChI is InChI=1S/C25H20Br2N2O2/c26-19-10-6-16(7-11-19)15-18-3-1-4-21-23(18)28-29(25(30)22-5-2-14-31-22)24(21)17-8-12-20(27)13-9-17/h2,5-15,21,24H,1,3-4H2/b18-15+. The van der Waals surface area contributed by atoms with E-state index in [4.69, 9.17) is 9.52 Å². The van der Waals surface area contributed by atoms with E-state index in [0.29, 0.717) is 5.76 Å². The minimum atomic E-state index is -0.206. The lowest BCUT2D eigenvalue weighted by atomic mass is 9.77. The number of hydrogen-bond donors (Lipinski definition) is 0. The van der Waals surface area contributed by atoms with Gasteiger partial charge in [-0.1, -0.05) is 56.1 Å². The van der Waals surface area contributed by atoms with Crippen LogP contribution in [0.2, 0.25) is 0 Å². The van der Waals surface area contributed by atoms with E-state index in [0.717, 1.165) is 45.0 Å². The van der Waals surface area contributed by atoms with Crippen molar-refractivity contribution in [3.05, 3.63) is 98.3 Å². The van der Waals surface area contributed by atoms with E-state index in [1.165, 1.54) is 11.8 Å². The summed E-state index contributed by atoms with van der Waals surface area (Å²) in [4.78, 5) is 13.3. The Labute approximate surface area is 197 Å². The number of hydrazone groups is 1. The third-order valence-electron chi connectivity index (χ3n) is 5.86. The number of fused-ring (bicyclic) bond motifs is 1. The minimum absolute atomic E-state index is 0.144. The zero-order valence-corrected chi connectivity index (χ0v) is 19.8. The summed E-state index contributed by atoms with van der Waals surface area (Å²) in [6, 6.07) is 19.7. The van der Waals surface area contributed by atoms with E-state index in [-0.39, 0.29) is 17.9 Å². The van der Waals surface area contributed by atoms with Gasteiger partial charge in [-0.15, -0.1) is 0 Å². The topological polar surface area (TPSA) is 45.8 Å². The van der Waals surface area contributed by atoms with Gasteiger partial charge < -0.3 is 4.42 Å². The second-order valence-electron chi connectivity index (χ2n) is 7.83. The molecule has 3 aromatic rings. The second-order valence-corrected chi connectivity index (χ2v) is 9.66. The molecule has 0 N–H and O–H groups in total. The van der Waals surface area contributed by atoms with Crippen LogP contribution in [0, 0.1) is 5.92 Å². The minimum Gasteiger partial charge on any atom is -0.459 e. The largest absolute Gasteiger partial charge is 0.459 e. The summed E-state index contributed by atoms with van der Waals surface area (Å²) in [5, 5.41) is 6.52. The van der Waals surface area contributed by atoms with Crippen LogP contribution in [0.3, 0.4) is 0 Å². The molecule has 6 heteroatoms. The molecule has 5 rings (SSSR count). The van der Waals surface area contributed by atoms with Crippen LogP contribution in [0.25, 0.3) is 6.08 Å². The number of amides is 1. The summed E-state index contributed by atoms with van der Waals surface area (Å²) in [5.74, 6) is 0.266. The molecule has 2 aromatic carbocycles. The van der Waals surface area contributed by atoms with Gasteiger partial charge in [0.15, 0.2) is 5.76 Å². The molecule has 2 heterocycles. The van der Waals surface area contributed by atoms with Gasteiger partial charge in [0.05, 0.1) is 18.0 Å². The van der Waals surface area contributed by atoms with Gasteiger partial charge in [0, 0.05) is 14.9 Å². The van der Waals surface area contributed by atoms with Gasteiger partial charge in [-0.25, -0.2) is 5.01 Å². The third kappa shape index (κ3) is 4.06. The first-order valence-corrected chi connectivity index (χ1v) is 11.9. The van der Waals surface area contributed by atoms with E-state index in [1.807, 2.05) is 24.3 Å². The van der Waals surface area contributed by atoms with Crippen molar-refractivity contribution in [3.8, 4) is 0 Å². The molecule has 156 valence electrons. The molecule has 1 aliphatic carbocycles. The summed E-state index contributed by atoms with van der Waals surface area (Å²) in [5.41, 5.74) is 4.44. The monoisotopic (exact) mass is 538 g/mol. The number of rotatable bonds is 3. The average Bonchev–Trinajstić information content (AvgIpc) is 3.44. The fourth-order valence-corrected chi connectivity index (χ4v) is 4.96. The van der Waals surface area contributed by atoms with E-state index >= 15 is 0 Å². The quantitative estimate of drug-likeness (QED) is 0.352. The van der Waals surface area contributed by atoms with Crippen LogP contribution in [0.1, 0.15) is 47.0 Å². The van der Waals surface area contributed by atoms with Gasteiger partial charge in [0.1, 0.15) is 0 Å². The number of carbonyl (C=O) groups excluding carboxylic acids is 1. The van der Waals surface area contributed by atoms with Gasteiger partial charge in [0.25, 0.3) is 0 Å². The molecule has 1 fully saturated rings. The maximum atomic E-state index is 13.3. The van der Waals surface area contributed by atoms with Gasteiger partial charge in [-0.3, -0.25) is 4.79 Å². The summed E-state index contributed by atoms with van der Waals surface area (Å²) < 4.78 is 7.48. The molecule has 0 radical (unpaired) electrons. The smallest absolute Gasteiger partial charge is 0.310 e. The van der Waals surface area contributed by atoms with Gasteiger partial charge in [0.2, 0.25) is 0 Å². The van der Waals surface area contributed by atoms with Crippen molar-refractivity contribution in [2.24, 2.45) is 11.0 Å². The zero-order valence-electron chi connectivity index (χ0n) is 16.7. The fourth-order valence-electron chi connectivity index (χ4n) is 4.43. The van der Waals surface area contributed by atoms with Crippen LogP contribution in [0.15, 0.2) is 91.0 Å². The fraction of sp³-hybridized carbons (Fsp3) is 0.200. The molecule has 4 nitrogen and oxygen atoms in total. The lowest BCUT2D eigenvalue weighted by Crippen LogP contribution is -2.31. The first-order valence-electron chi connectivity index (χ1n) is 10.3. The number of benzene rings is 2. The highest BCUT2D eigenvalue weighted by Crippen LogP contribution is 2.45. The number of furan rings is 1. The van der Waals surface area contributed by atoms with Crippen LogP contribution >= 0.6 is 31.9 Å². The van der Waals surface area contributed by atoms with Crippen LogP contribution in [-0.2, 0) is 0 Å². The molecule has 1 amide bonds. The molecular weight excluding hydrogens is 520 g/mol. The van der Waals surface area contributed by atoms with Gasteiger partial charge in [-0.05, 0) is 78.4 Å². The maximum absolute atomic E-state index is 13.3. The van der Waals surface area contributed by atoms with E-state index in [1.54, 1.807) is 17.1 Å². The van der Waals surface area contributed by atoms with Crippen molar-refractivity contribution in [3.63, 3.8) is 0 Å². The molecule has 31 heavy (non-hydrogen) atoms. The Morgan fingerprint density at radius 3 is 2.42 bits per heavy atom. The van der Waals surface area contributed by atoms with Crippen molar-refractivity contribution >= 4 is 49.6 Å². The van der Waals surface area contributed by atoms with Crippen molar-refractivity contribution in [1.82, 2.24) is 5.01 Å². The average molecular weight is 540 g/mol. The highest BCUT2D eigenvalue weighted by atomic mass is 79.9. The summed E-state index contributed by atoms with van der Waals surface area (Å²) in [7, 11) is 0. The lowest BCUT2D eigenvalue weighted by Gasteiger charge is -2.29. The number of hydrogen-bond acceptors (Lipinski definition) is 3. The molecule has 2 atom stereocenters. The first kappa shape index (κ1) is 20.5. The third-order valence-corrected chi connectivity index (χ3v) is 6.92. The molecule has 0 bridgehead atoms. The molecular formula is C25H20Br2N2O2. The Morgan fingerprint density at radius 2 is 1.74 bits per heavy atom.